The summed E-state index contributed by atoms with van der Waals surface area (Å²) in [6.07, 6.45) is 2.39. The van der Waals surface area contributed by atoms with Gasteiger partial charge in [-0.05, 0) is 30.0 Å². The van der Waals surface area contributed by atoms with Crippen molar-refractivity contribution in [1.29, 1.82) is 0 Å². The minimum absolute atomic E-state index is 0.815. The van der Waals surface area contributed by atoms with Crippen molar-refractivity contribution in [1.82, 2.24) is 0 Å². The fraction of sp³-hybridized carbons (Fsp3) is 0.125. The van der Waals surface area contributed by atoms with E-state index in [1.54, 1.807) is 17.4 Å². The smallest absolute Gasteiger partial charge is 0.143 e. The molecule has 0 fully saturated rings. The number of carbonyl (C=O) groups is 1. The molecule has 0 bridgehead atoms. The van der Waals surface area contributed by atoms with Crippen LogP contribution in [0, 0.1) is 0 Å². The maximum Gasteiger partial charge on any atom is 0.143 e. The van der Waals surface area contributed by atoms with Crippen molar-refractivity contribution in [2.75, 3.05) is 0 Å². The molecular formula is C8H8OS. The summed E-state index contributed by atoms with van der Waals surface area (Å²) in [7, 11) is 0. The molecule has 0 aliphatic rings. The largest absolute Gasteiger partial charge is 0.299 e. The molecule has 1 aromatic heterocycles. The van der Waals surface area contributed by atoms with Crippen molar-refractivity contribution in [3.8, 4) is 0 Å². The van der Waals surface area contributed by atoms with Gasteiger partial charge in [-0.1, -0.05) is 6.07 Å². The van der Waals surface area contributed by atoms with Crippen molar-refractivity contribution >= 4 is 23.2 Å². The third-order valence-electron chi connectivity index (χ3n) is 1.23. The Balaban J connectivity index is 2.86. The van der Waals surface area contributed by atoms with Crippen LogP contribution in [0.3, 0.4) is 0 Å². The summed E-state index contributed by atoms with van der Waals surface area (Å²) in [5.74, 6) is 0. The second kappa shape index (κ2) is 3.32. The minimum atomic E-state index is 0.815. The predicted molar refractivity (Wildman–Crippen MR) is 44.0 cm³/mol. The zero-order chi connectivity index (χ0) is 7.40. The molecule has 1 aromatic rings. The molecule has 2 heteroatoms. The number of allylic oxidation sites excluding steroid dienone is 2. The lowest BCUT2D eigenvalue weighted by atomic mass is 10.2. The molecule has 52 valence electrons. The van der Waals surface area contributed by atoms with Gasteiger partial charge < -0.3 is 0 Å². The second-order valence-corrected chi connectivity index (χ2v) is 2.91. The SMILES string of the molecule is C/C(=C/C=O)c1cccs1. The van der Waals surface area contributed by atoms with E-state index in [2.05, 4.69) is 0 Å². The number of rotatable bonds is 2. The van der Waals surface area contributed by atoms with Gasteiger partial charge in [-0.25, -0.2) is 0 Å². The first kappa shape index (κ1) is 7.22. The summed E-state index contributed by atoms with van der Waals surface area (Å²) in [6.45, 7) is 1.93. The van der Waals surface area contributed by atoms with E-state index >= 15 is 0 Å². The van der Waals surface area contributed by atoms with Gasteiger partial charge in [0.2, 0.25) is 0 Å². The predicted octanol–water partition coefficient (Wildman–Crippen LogP) is 2.35. The van der Waals surface area contributed by atoms with E-state index in [0.717, 1.165) is 16.7 Å². The maximum absolute atomic E-state index is 10.0. The lowest BCUT2D eigenvalue weighted by molar-refractivity contribution is -0.104. The Morgan fingerprint density at radius 3 is 3.00 bits per heavy atom. The van der Waals surface area contributed by atoms with Crippen LogP contribution < -0.4 is 0 Å². The van der Waals surface area contributed by atoms with Gasteiger partial charge >= 0.3 is 0 Å². The van der Waals surface area contributed by atoms with Crippen LogP contribution in [-0.2, 0) is 4.79 Å². The average molecular weight is 152 g/mol. The molecule has 0 radical (unpaired) electrons. The van der Waals surface area contributed by atoms with Gasteiger partial charge in [-0.3, -0.25) is 4.79 Å². The summed E-state index contributed by atoms with van der Waals surface area (Å²) >= 11 is 1.64. The standard InChI is InChI=1S/C8H8OS/c1-7(4-5-9)8-3-2-6-10-8/h2-6H,1H3/b7-4-. The number of hydrogen-bond acceptors (Lipinski definition) is 2. The number of aldehydes is 1. The molecule has 0 saturated heterocycles. The fourth-order valence-electron chi connectivity index (χ4n) is 0.687. The van der Waals surface area contributed by atoms with E-state index in [1.165, 1.54) is 0 Å². The summed E-state index contributed by atoms with van der Waals surface area (Å²) in [5, 5.41) is 2.00. The van der Waals surface area contributed by atoms with Crippen LogP contribution in [0.25, 0.3) is 5.57 Å². The Hall–Kier alpha value is -0.890. The summed E-state index contributed by atoms with van der Waals surface area (Å²) in [5.41, 5.74) is 1.03. The van der Waals surface area contributed by atoms with Gasteiger partial charge in [0.05, 0.1) is 0 Å². The van der Waals surface area contributed by atoms with Crippen LogP contribution in [-0.4, -0.2) is 6.29 Å². The third-order valence-corrected chi connectivity index (χ3v) is 2.23. The molecule has 0 aromatic carbocycles. The van der Waals surface area contributed by atoms with Gasteiger partial charge in [0.25, 0.3) is 0 Å². The molecule has 0 N–H and O–H groups in total. The van der Waals surface area contributed by atoms with Crippen LogP contribution in [0.4, 0.5) is 0 Å². The van der Waals surface area contributed by atoms with Crippen LogP contribution in [0.15, 0.2) is 23.6 Å². The highest BCUT2D eigenvalue weighted by Crippen LogP contribution is 2.18. The van der Waals surface area contributed by atoms with Crippen LogP contribution in [0.2, 0.25) is 0 Å². The Labute approximate surface area is 64.0 Å². The molecule has 1 nitrogen and oxygen atoms in total. The third kappa shape index (κ3) is 1.54. The van der Waals surface area contributed by atoms with E-state index in [9.17, 15) is 4.79 Å². The van der Waals surface area contributed by atoms with Crippen LogP contribution >= 0.6 is 11.3 Å². The molecule has 0 spiro atoms. The summed E-state index contributed by atoms with van der Waals surface area (Å²) < 4.78 is 0. The van der Waals surface area contributed by atoms with Crippen molar-refractivity contribution in [3.05, 3.63) is 28.5 Å². The molecule has 10 heavy (non-hydrogen) atoms. The van der Waals surface area contributed by atoms with E-state index in [0.29, 0.717) is 0 Å². The zero-order valence-electron chi connectivity index (χ0n) is 5.70. The summed E-state index contributed by atoms with van der Waals surface area (Å²) in [6, 6.07) is 3.97. The molecule has 0 aliphatic heterocycles. The van der Waals surface area contributed by atoms with E-state index < -0.39 is 0 Å². The Kier molecular flexibility index (Phi) is 2.40. The normalized spacial score (nSPS) is 11.5. The van der Waals surface area contributed by atoms with Crippen molar-refractivity contribution in [2.24, 2.45) is 0 Å². The van der Waals surface area contributed by atoms with Gasteiger partial charge in [-0.2, -0.15) is 0 Å². The Morgan fingerprint density at radius 1 is 1.70 bits per heavy atom. The number of carbonyl (C=O) groups excluding carboxylic acids is 1. The topological polar surface area (TPSA) is 17.1 Å². The number of hydrogen-bond donors (Lipinski definition) is 0. The molecule has 0 aliphatic carbocycles. The molecule has 0 unspecified atom stereocenters. The first-order valence-corrected chi connectivity index (χ1v) is 3.88. The van der Waals surface area contributed by atoms with E-state index in [4.69, 9.17) is 0 Å². The molecule has 1 rings (SSSR count). The van der Waals surface area contributed by atoms with Crippen molar-refractivity contribution in [3.63, 3.8) is 0 Å². The second-order valence-electron chi connectivity index (χ2n) is 1.96. The molecule has 1 heterocycles. The first-order chi connectivity index (χ1) is 4.84. The van der Waals surface area contributed by atoms with Crippen LogP contribution in [0.1, 0.15) is 11.8 Å². The Morgan fingerprint density at radius 2 is 2.50 bits per heavy atom. The molecule has 0 atom stereocenters. The highest BCUT2D eigenvalue weighted by atomic mass is 32.1. The maximum atomic E-state index is 10.0. The van der Waals surface area contributed by atoms with Gasteiger partial charge in [0.15, 0.2) is 0 Å². The number of thiophene rings is 1. The molecule has 0 amide bonds. The van der Waals surface area contributed by atoms with Gasteiger partial charge in [-0.15, -0.1) is 11.3 Å². The first-order valence-electron chi connectivity index (χ1n) is 3.00. The van der Waals surface area contributed by atoms with Gasteiger partial charge in [0, 0.05) is 4.88 Å². The lowest BCUT2D eigenvalue weighted by Gasteiger charge is -1.89. The van der Waals surface area contributed by atoms with Crippen molar-refractivity contribution < 1.29 is 4.79 Å². The fourth-order valence-corrected chi connectivity index (χ4v) is 1.40. The summed E-state index contributed by atoms with van der Waals surface area (Å²) in [4.78, 5) is 11.2. The highest BCUT2D eigenvalue weighted by Gasteiger charge is 1.92. The minimum Gasteiger partial charge on any atom is -0.299 e. The van der Waals surface area contributed by atoms with Gasteiger partial charge in [0.1, 0.15) is 6.29 Å². The molecule has 0 saturated carbocycles. The highest BCUT2D eigenvalue weighted by molar-refractivity contribution is 7.11. The van der Waals surface area contributed by atoms with Crippen LogP contribution in [0.5, 0.6) is 0 Å². The Bertz CT molecular complexity index is 234. The van der Waals surface area contributed by atoms with Crippen molar-refractivity contribution in [2.45, 2.75) is 6.92 Å². The zero-order valence-corrected chi connectivity index (χ0v) is 6.52. The van der Waals surface area contributed by atoms with E-state index in [1.807, 2.05) is 24.4 Å². The average Bonchev–Trinajstić information content (AvgIpc) is 2.38. The molecular weight excluding hydrogens is 144 g/mol. The quantitative estimate of drug-likeness (QED) is 0.469. The van der Waals surface area contributed by atoms with E-state index in [-0.39, 0.29) is 0 Å². The monoisotopic (exact) mass is 152 g/mol. The lowest BCUT2D eigenvalue weighted by Crippen LogP contribution is -1.70.